The Hall–Kier alpha value is -0.950. The van der Waals surface area contributed by atoms with Gasteiger partial charge in [0.05, 0.1) is 6.61 Å². The number of urea groups is 1. The molecule has 0 spiro atoms. The Morgan fingerprint density at radius 2 is 2.24 bits per heavy atom. The molecule has 0 radical (unpaired) electrons. The van der Waals surface area contributed by atoms with Gasteiger partial charge in [0.2, 0.25) is 0 Å². The van der Waals surface area contributed by atoms with E-state index in [0.29, 0.717) is 18.3 Å². The smallest absolute Gasteiger partial charge is 0.329 e. The quantitative estimate of drug-likeness (QED) is 0.574. The van der Waals surface area contributed by atoms with Gasteiger partial charge in [-0.25, -0.2) is 9.59 Å². The second kappa shape index (κ2) is 8.19. The maximum Gasteiger partial charge on any atom is 0.329 e. The van der Waals surface area contributed by atoms with Gasteiger partial charge in [0.25, 0.3) is 0 Å². The molecule has 1 atom stereocenters. The minimum absolute atomic E-state index is 0.206. The van der Waals surface area contributed by atoms with Crippen LogP contribution in [0.3, 0.4) is 0 Å². The number of rotatable bonds is 7. The van der Waals surface area contributed by atoms with E-state index in [2.05, 4.69) is 10.6 Å². The molecule has 98 valence electrons. The Morgan fingerprint density at radius 3 is 2.88 bits per heavy atom. The third kappa shape index (κ3) is 7.06. The largest absolute Gasteiger partial charge is 0.480 e. The topological polar surface area (TPSA) is 87.7 Å². The second-order valence-corrected chi connectivity index (χ2v) is 5.13. The first-order valence-corrected chi connectivity index (χ1v) is 6.66. The predicted octanol–water partition coefficient (Wildman–Crippen LogP) is 0.282. The van der Waals surface area contributed by atoms with Crippen molar-refractivity contribution in [3.63, 3.8) is 0 Å². The highest BCUT2D eigenvalue weighted by atomic mass is 32.2. The molecule has 1 rings (SSSR count). The lowest BCUT2D eigenvalue weighted by atomic mass is 10.2. The van der Waals surface area contributed by atoms with Crippen molar-refractivity contribution < 1.29 is 19.4 Å². The molecular weight excluding hydrogens is 244 g/mol. The molecule has 7 heteroatoms. The molecule has 1 aliphatic rings. The van der Waals surface area contributed by atoms with Gasteiger partial charge in [-0.3, -0.25) is 0 Å². The van der Waals surface area contributed by atoms with Gasteiger partial charge in [-0.1, -0.05) is 0 Å². The third-order valence-electron chi connectivity index (χ3n) is 2.27. The van der Waals surface area contributed by atoms with Crippen LogP contribution in [-0.4, -0.2) is 54.4 Å². The van der Waals surface area contributed by atoms with Crippen molar-refractivity contribution in [1.82, 2.24) is 10.6 Å². The van der Waals surface area contributed by atoms with Crippen molar-refractivity contribution in [3.05, 3.63) is 0 Å². The number of ether oxygens (including phenoxy) is 1. The molecule has 0 bridgehead atoms. The van der Waals surface area contributed by atoms with Gasteiger partial charge < -0.3 is 20.5 Å². The monoisotopic (exact) mass is 262 g/mol. The van der Waals surface area contributed by atoms with Gasteiger partial charge in [-0.05, 0) is 18.6 Å². The number of carboxylic acid groups (broad SMARTS) is 1. The maximum atomic E-state index is 11.3. The lowest BCUT2D eigenvalue weighted by Crippen LogP contribution is -2.40. The Bertz CT molecular complexity index is 257. The fraction of sp³-hybridized carbons (Fsp3) is 0.800. The van der Waals surface area contributed by atoms with Crippen LogP contribution in [0.4, 0.5) is 4.79 Å². The highest BCUT2D eigenvalue weighted by Crippen LogP contribution is 2.24. The summed E-state index contributed by atoms with van der Waals surface area (Å²) in [6.45, 7) is 0.878. The Labute approximate surface area is 104 Å². The van der Waals surface area contributed by atoms with E-state index < -0.39 is 5.97 Å². The molecule has 17 heavy (non-hydrogen) atoms. The molecule has 1 heterocycles. The lowest BCUT2D eigenvalue weighted by Gasteiger charge is -2.11. The molecule has 0 aromatic rings. The number of nitrogens with one attached hydrogen (secondary N) is 2. The first-order valence-electron chi connectivity index (χ1n) is 5.61. The molecular formula is C10H18N2O4S. The first-order chi connectivity index (χ1) is 8.18. The van der Waals surface area contributed by atoms with Crippen LogP contribution >= 0.6 is 11.8 Å². The number of thioether (sulfide) groups is 1. The van der Waals surface area contributed by atoms with Gasteiger partial charge in [-0.15, -0.1) is 0 Å². The molecule has 1 fully saturated rings. The number of carboxylic acids is 1. The summed E-state index contributed by atoms with van der Waals surface area (Å²) in [4.78, 5) is 21.4. The van der Waals surface area contributed by atoms with E-state index in [0.717, 1.165) is 6.42 Å². The van der Waals surface area contributed by atoms with E-state index >= 15 is 0 Å². The van der Waals surface area contributed by atoms with Crippen LogP contribution in [0.1, 0.15) is 12.8 Å². The van der Waals surface area contributed by atoms with Gasteiger partial charge in [0.15, 0.2) is 0 Å². The average Bonchev–Trinajstić information content (AvgIpc) is 2.78. The number of carbonyl (C=O) groups is 2. The van der Waals surface area contributed by atoms with Crippen LogP contribution in [0.25, 0.3) is 0 Å². The summed E-state index contributed by atoms with van der Waals surface area (Å²) in [7, 11) is 0. The molecule has 0 aromatic heterocycles. The normalized spacial score (nSPS) is 18.9. The molecule has 6 nitrogen and oxygen atoms in total. The van der Waals surface area contributed by atoms with Gasteiger partial charge >= 0.3 is 12.0 Å². The molecule has 2 amide bonds. The summed E-state index contributed by atoms with van der Waals surface area (Å²) < 4.78 is 4.78. The molecule has 0 aromatic carbocycles. The maximum absolute atomic E-state index is 11.3. The van der Waals surface area contributed by atoms with Crippen molar-refractivity contribution >= 4 is 23.8 Å². The van der Waals surface area contributed by atoms with E-state index in [1.165, 1.54) is 12.2 Å². The van der Waals surface area contributed by atoms with Gasteiger partial charge in [-0.2, -0.15) is 11.8 Å². The van der Waals surface area contributed by atoms with Crippen molar-refractivity contribution in [2.45, 2.75) is 18.1 Å². The summed E-state index contributed by atoms with van der Waals surface area (Å²) in [5.74, 6) is 0.171. The Kier molecular flexibility index (Phi) is 6.80. The van der Waals surface area contributed by atoms with Crippen LogP contribution in [0.2, 0.25) is 0 Å². The minimum atomic E-state index is -1.01. The summed E-state index contributed by atoms with van der Waals surface area (Å²) in [5, 5.41) is 14.2. The Balaban J connectivity index is 1.92. The zero-order valence-electron chi connectivity index (χ0n) is 9.61. The van der Waals surface area contributed by atoms with Crippen molar-refractivity contribution in [2.75, 3.05) is 32.1 Å². The number of amides is 2. The number of aliphatic carboxylic acids is 1. The average molecular weight is 262 g/mol. The molecule has 1 saturated heterocycles. The van der Waals surface area contributed by atoms with Gasteiger partial charge in [0, 0.05) is 18.3 Å². The SMILES string of the molecule is O=C(O)COCCNC(=O)NCC1CCCS1. The van der Waals surface area contributed by atoms with E-state index in [1.54, 1.807) is 0 Å². The minimum Gasteiger partial charge on any atom is -0.480 e. The van der Waals surface area contributed by atoms with E-state index in [9.17, 15) is 9.59 Å². The number of hydrogen-bond acceptors (Lipinski definition) is 4. The van der Waals surface area contributed by atoms with E-state index in [-0.39, 0.29) is 19.2 Å². The van der Waals surface area contributed by atoms with Crippen molar-refractivity contribution in [2.24, 2.45) is 0 Å². The fourth-order valence-corrected chi connectivity index (χ4v) is 2.67. The van der Waals surface area contributed by atoms with E-state index in [4.69, 9.17) is 9.84 Å². The molecule has 0 aliphatic carbocycles. The summed E-state index contributed by atoms with van der Waals surface area (Å²) in [6.07, 6.45) is 2.38. The van der Waals surface area contributed by atoms with E-state index in [1.807, 2.05) is 11.8 Å². The van der Waals surface area contributed by atoms with Crippen molar-refractivity contribution in [1.29, 1.82) is 0 Å². The number of carbonyl (C=O) groups excluding carboxylic acids is 1. The molecule has 1 aliphatic heterocycles. The lowest BCUT2D eigenvalue weighted by molar-refractivity contribution is -0.142. The third-order valence-corrected chi connectivity index (χ3v) is 3.67. The van der Waals surface area contributed by atoms with Gasteiger partial charge in [0.1, 0.15) is 6.61 Å². The zero-order chi connectivity index (χ0) is 12.5. The highest BCUT2D eigenvalue weighted by molar-refractivity contribution is 8.00. The standard InChI is InChI=1S/C10H18N2O4S/c13-9(14)7-16-4-3-11-10(15)12-6-8-2-1-5-17-8/h8H,1-7H2,(H,13,14)(H2,11,12,15). The van der Waals surface area contributed by atoms with Crippen LogP contribution in [0, 0.1) is 0 Å². The van der Waals surface area contributed by atoms with Crippen LogP contribution in [0.5, 0.6) is 0 Å². The Morgan fingerprint density at radius 1 is 1.41 bits per heavy atom. The predicted molar refractivity (Wildman–Crippen MR) is 65.3 cm³/mol. The molecule has 3 N–H and O–H groups in total. The summed E-state index contributed by atoms with van der Waals surface area (Å²) in [6, 6.07) is -0.226. The van der Waals surface area contributed by atoms with Crippen molar-refractivity contribution in [3.8, 4) is 0 Å². The highest BCUT2D eigenvalue weighted by Gasteiger charge is 2.15. The summed E-state index contributed by atoms with van der Waals surface area (Å²) in [5.41, 5.74) is 0. The fourth-order valence-electron chi connectivity index (χ4n) is 1.47. The zero-order valence-corrected chi connectivity index (χ0v) is 10.4. The van der Waals surface area contributed by atoms with Crippen LogP contribution < -0.4 is 10.6 Å². The first kappa shape index (κ1) is 14.1. The number of hydrogen-bond donors (Lipinski definition) is 3. The molecule has 1 unspecified atom stereocenters. The second-order valence-electron chi connectivity index (χ2n) is 3.72. The van der Waals surface area contributed by atoms with Crippen LogP contribution in [-0.2, 0) is 9.53 Å². The van der Waals surface area contributed by atoms with Crippen LogP contribution in [0.15, 0.2) is 0 Å². The molecule has 0 saturated carbocycles. The summed E-state index contributed by atoms with van der Waals surface area (Å²) >= 11 is 1.89.